The molecule has 1 aromatic rings. The summed E-state index contributed by atoms with van der Waals surface area (Å²) < 4.78 is 0. The van der Waals surface area contributed by atoms with E-state index in [-0.39, 0.29) is 19.1 Å². The van der Waals surface area contributed by atoms with Gasteiger partial charge in [-0.3, -0.25) is 4.79 Å². The van der Waals surface area contributed by atoms with Crippen LogP contribution in [0, 0.1) is 6.92 Å². The van der Waals surface area contributed by atoms with E-state index in [0.717, 1.165) is 5.01 Å². The van der Waals surface area contributed by atoms with Gasteiger partial charge in [0.05, 0.1) is 11.6 Å². The summed E-state index contributed by atoms with van der Waals surface area (Å²) in [6.07, 6.45) is 0. The second-order valence-corrected chi connectivity index (χ2v) is 3.29. The summed E-state index contributed by atoms with van der Waals surface area (Å²) >= 11 is 1.43. The maximum atomic E-state index is 11.1. The molecular weight excluding hydrogens is 176 g/mol. The molecular formula is C7H10N2O2S. The van der Waals surface area contributed by atoms with Gasteiger partial charge >= 0.3 is 0 Å². The van der Waals surface area contributed by atoms with Crippen LogP contribution in [0.4, 0.5) is 0 Å². The van der Waals surface area contributed by atoms with Crippen molar-refractivity contribution in [2.45, 2.75) is 6.92 Å². The van der Waals surface area contributed by atoms with Crippen molar-refractivity contribution in [1.82, 2.24) is 10.3 Å². The van der Waals surface area contributed by atoms with Crippen LogP contribution in [0.2, 0.25) is 0 Å². The normalized spacial score (nSPS) is 9.83. The van der Waals surface area contributed by atoms with Gasteiger partial charge in [-0.05, 0) is 6.92 Å². The maximum absolute atomic E-state index is 11.1. The van der Waals surface area contributed by atoms with Crippen molar-refractivity contribution in [1.29, 1.82) is 0 Å². The van der Waals surface area contributed by atoms with Gasteiger partial charge < -0.3 is 10.4 Å². The molecule has 0 aliphatic rings. The fourth-order valence-corrected chi connectivity index (χ4v) is 1.32. The number of nitrogens with zero attached hydrogens (tertiary/aromatic N) is 1. The van der Waals surface area contributed by atoms with Crippen molar-refractivity contribution < 1.29 is 9.90 Å². The number of hydrogen-bond donors (Lipinski definition) is 2. The minimum absolute atomic E-state index is 0.0468. The number of hydrogen-bond acceptors (Lipinski definition) is 4. The van der Waals surface area contributed by atoms with Crippen LogP contribution < -0.4 is 5.32 Å². The van der Waals surface area contributed by atoms with E-state index in [0.29, 0.717) is 5.69 Å². The van der Waals surface area contributed by atoms with Crippen LogP contribution in [0.3, 0.4) is 0 Å². The highest BCUT2D eigenvalue weighted by Gasteiger charge is 2.07. The summed E-state index contributed by atoms with van der Waals surface area (Å²) in [5.41, 5.74) is 0.422. The van der Waals surface area contributed by atoms with Crippen molar-refractivity contribution in [3.8, 4) is 0 Å². The Hall–Kier alpha value is -0.940. The standard InChI is InChI=1S/C7H10N2O2S/c1-5-9-6(4-12-5)7(11)8-2-3-10/h4,10H,2-3H2,1H3,(H,8,11). The third-order valence-corrected chi connectivity index (χ3v) is 2.02. The molecule has 0 atom stereocenters. The average molecular weight is 186 g/mol. The molecule has 0 aromatic carbocycles. The molecule has 2 N–H and O–H groups in total. The highest BCUT2D eigenvalue weighted by Crippen LogP contribution is 2.06. The number of carbonyl (C=O) groups excluding carboxylic acids is 1. The number of aliphatic hydroxyl groups excluding tert-OH is 1. The molecule has 12 heavy (non-hydrogen) atoms. The molecule has 0 bridgehead atoms. The van der Waals surface area contributed by atoms with Gasteiger partial charge in [-0.1, -0.05) is 0 Å². The van der Waals surface area contributed by atoms with Crippen LogP contribution in [0.15, 0.2) is 5.38 Å². The monoisotopic (exact) mass is 186 g/mol. The number of aliphatic hydroxyl groups is 1. The lowest BCUT2D eigenvalue weighted by Crippen LogP contribution is -2.26. The van der Waals surface area contributed by atoms with E-state index in [1.807, 2.05) is 6.92 Å². The molecule has 4 nitrogen and oxygen atoms in total. The smallest absolute Gasteiger partial charge is 0.270 e. The first-order valence-corrected chi connectivity index (χ1v) is 4.43. The van der Waals surface area contributed by atoms with Gasteiger partial charge in [0.25, 0.3) is 5.91 Å². The molecule has 0 saturated carbocycles. The van der Waals surface area contributed by atoms with E-state index in [9.17, 15) is 4.79 Å². The van der Waals surface area contributed by atoms with Crippen LogP contribution in [-0.4, -0.2) is 29.1 Å². The number of aryl methyl sites for hydroxylation is 1. The molecule has 0 aliphatic heterocycles. The van der Waals surface area contributed by atoms with Crippen molar-refractivity contribution in [2.24, 2.45) is 0 Å². The number of carbonyl (C=O) groups is 1. The molecule has 1 heterocycles. The molecule has 0 radical (unpaired) electrons. The SMILES string of the molecule is Cc1nc(C(=O)NCCO)cs1. The highest BCUT2D eigenvalue weighted by atomic mass is 32.1. The first-order chi connectivity index (χ1) is 5.74. The van der Waals surface area contributed by atoms with Crippen LogP contribution in [0.5, 0.6) is 0 Å². The lowest BCUT2D eigenvalue weighted by Gasteiger charge is -1.97. The summed E-state index contributed by atoms with van der Waals surface area (Å²) in [6.45, 7) is 2.07. The molecule has 66 valence electrons. The second kappa shape index (κ2) is 4.18. The molecule has 1 amide bonds. The summed E-state index contributed by atoms with van der Waals surface area (Å²) in [7, 11) is 0. The number of amides is 1. The number of rotatable bonds is 3. The van der Waals surface area contributed by atoms with Gasteiger partial charge in [-0.2, -0.15) is 0 Å². The minimum atomic E-state index is -0.228. The largest absolute Gasteiger partial charge is 0.395 e. The average Bonchev–Trinajstić information content (AvgIpc) is 2.47. The van der Waals surface area contributed by atoms with Crippen molar-refractivity contribution in [3.05, 3.63) is 16.1 Å². The van der Waals surface area contributed by atoms with E-state index < -0.39 is 0 Å². The highest BCUT2D eigenvalue weighted by molar-refractivity contribution is 7.09. The first-order valence-electron chi connectivity index (χ1n) is 3.55. The van der Waals surface area contributed by atoms with E-state index in [1.54, 1.807) is 5.38 Å². The number of thiazole rings is 1. The Bertz CT molecular complexity index is 272. The molecule has 1 rings (SSSR count). The number of aromatic nitrogens is 1. The Morgan fingerprint density at radius 3 is 3.08 bits per heavy atom. The van der Waals surface area contributed by atoms with E-state index in [2.05, 4.69) is 10.3 Å². The van der Waals surface area contributed by atoms with Gasteiger partial charge in [-0.25, -0.2) is 4.98 Å². The molecule has 0 fully saturated rings. The van der Waals surface area contributed by atoms with Crippen molar-refractivity contribution in [3.63, 3.8) is 0 Å². The zero-order valence-corrected chi connectivity index (χ0v) is 7.52. The Kier molecular flexibility index (Phi) is 3.19. The zero-order valence-electron chi connectivity index (χ0n) is 6.70. The fraction of sp³-hybridized carbons (Fsp3) is 0.429. The lowest BCUT2D eigenvalue weighted by molar-refractivity contribution is 0.0940. The Morgan fingerprint density at radius 2 is 2.58 bits per heavy atom. The van der Waals surface area contributed by atoms with Gasteiger partial charge in [-0.15, -0.1) is 11.3 Å². The summed E-state index contributed by atoms with van der Waals surface area (Å²) in [6, 6.07) is 0. The predicted molar refractivity (Wildman–Crippen MR) is 46.3 cm³/mol. The lowest BCUT2D eigenvalue weighted by atomic mass is 10.4. The van der Waals surface area contributed by atoms with Gasteiger partial charge in [0, 0.05) is 11.9 Å². The topological polar surface area (TPSA) is 62.2 Å². The van der Waals surface area contributed by atoms with Crippen molar-refractivity contribution >= 4 is 17.2 Å². The predicted octanol–water partition coefficient (Wildman–Crippen LogP) is 0.174. The minimum Gasteiger partial charge on any atom is -0.395 e. The third kappa shape index (κ3) is 2.28. The van der Waals surface area contributed by atoms with E-state index in [4.69, 9.17) is 5.11 Å². The quantitative estimate of drug-likeness (QED) is 0.707. The Balaban J connectivity index is 2.53. The third-order valence-electron chi connectivity index (χ3n) is 1.25. The van der Waals surface area contributed by atoms with Crippen LogP contribution >= 0.6 is 11.3 Å². The zero-order chi connectivity index (χ0) is 8.97. The summed E-state index contributed by atoms with van der Waals surface area (Å²) in [5.74, 6) is -0.228. The maximum Gasteiger partial charge on any atom is 0.270 e. The van der Waals surface area contributed by atoms with E-state index >= 15 is 0 Å². The van der Waals surface area contributed by atoms with Gasteiger partial charge in [0.1, 0.15) is 5.69 Å². The van der Waals surface area contributed by atoms with Gasteiger partial charge in [0.15, 0.2) is 0 Å². The van der Waals surface area contributed by atoms with Gasteiger partial charge in [0.2, 0.25) is 0 Å². The Morgan fingerprint density at radius 1 is 1.83 bits per heavy atom. The summed E-state index contributed by atoms with van der Waals surface area (Å²) in [5, 5.41) is 13.5. The van der Waals surface area contributed by atoms with Crippen LogP contribution in [-0.2, 0) is 0 Å². The van der Waals surface area contributed by atoms with Crippen molar-refractivity contribution in [2.75, 3.05) is 13.2 Å². The molecule has 0 aliphatic carbocycles. The summed E-state index contributed by atoms with van der Waals surface area (Å²) in [4.78, 5) is 15.1. The molecule has 1 aromatic heterocycles. The molecule has 0 spiro atoms. The van der Waals surface area contributed by atoms with Crippen LogP contribution in [0.1, 0.15) is 15.5 Å². The number of nitrogens with one attached hydrogen (secondary N) is 1. The molecule has 5 heteroatoms. The Labute approximate surface area is 74.3 Å². The first kappa shape index (κ1) is 9.15. The van der Waals surface area contributed by atoms with Crippen LogP contribution in [0.25, 0.3) is 0 Å². The second-order valence-electron chi connectivity index (χ2n) is 2.23. The van der Waals surface area contributed by atoms with E-state index in [1.165, 1.54) is 11.3 Å². The molecule has 0 saturated heterocycles. The molecule has 0 unspecified atom stereocenters. The fourth-order valence-electron chi connectivity index (χ4n) is 0.728.